The van der Waals surface area contributed by atoms with Gasteiger partial charge < -0.3 is 20.1 Å². The molecule has 5 rings (SSSR count). The number of halogens is 1. The molecule has 4 aliphatic rings. The summed E-state index contributed by atoms with van der Waals surface area (Å²) >= 11 is 6.19. The Bertz CT molecular complexity index is 1210. The van der Waals surface area contributed by atoms with Crippen molar-refractivity contribution in [2.24, 2.45) is 0 Å². The minimum absolute atomic E-state index is 0.00304. The monoisotopic (exact) mass is 566 g/mol. The number of nitrogens with one attached hydrogen (secondary N) is 1. The van der Waals surface area contributed by atoms with Gasteiger partial charge in [0.1, 0.15) is 11.6 Å². The fourth-order valence-electron chi connectivity index (χ4n) is 5.40. The summed E-state index contributed by atoms with van der Waals surface area (Å²) in [5, 5.41) is 18.2. The van der Waals surface area contributed by atoms with Crippen molar-refractivity contribution >= 4 is 39.7 Å². The predicted octanol–water partition coefficient (Wildman–Crippen LogP) is 1.21. The van der Waals surface area contributed by atoms with E-state index in [9.17, 15) is 23.3 Å². The Hall–Kier alpha value is -2.72. The standard InChI is InChI=1S/C24H29ClN4O5S.CH2O2/c25-18-3-1-2-4-21(18)35(32,33)17-13-20(22(30)27-24(15-26)8-9-24)29(14-17)23(31)19-5-10-28(19)16-6-11-34-12-7-16;2-1-3/h1-4,16-17,19-20H,5-14H2,(H,27,30);1H,(H,2,3)/t17-,19?,20+;/m1./s1. The number of hydrogen-bond donors (Lipinski definition) is 2. The van der Waals surface area contributed by atoms with Crippen molar-refractivity contribution in [1.29, 1.82) is 5.26 Å². The molecular weight excluding hydrogens is 536 g/mol. The summed E-state index contributed by atoms with van der Waals surface area (Å²) in [5.74, 6) is -0.687. The van der Waals surface area contributed by atoms with Gasteiger partial charge in [-0.2, -0.15) is 5.26 Å². The molecule has 3 aliphatic heterocycles. The molecule has 0 aromatic heterocycles. The number of rotatable bonds is 6. The van der Waals surface area contributed by atoms with Crippen LogP contribution in [0.2, 0.25) is 5.02 Å². The molecule has 2 N–H and O–H groups in total. The zero-order valence-corrected chi connectivity index (χ0v) is 22.4. The molecule has 0 spiro atoms. The second kappa shape index (κ2) is 11.6. The van der Waals surface area contributed by atoms with E-state index in [0.717, 1.165) is 19.4 Å². The van der Waals surface area contributed by atoms with Crippen LogP contribution in [-0.4, -0.2) is 96.8 Å². The van der Waals surface area contributed by atoms with Gasteiger partial charge in [0.05, 0.1) is 27.3 Å². The van der Waals surface area contributed by atoms with Crippen LogP contribution in [0.25, 0.3) is 0 Å². The SMILES string of the molecule is N#CC1(NC(=O)[C@@H]2C[C@@H](S(=O)(=O)c3ccccc3Cl)CN2C(=O)C2CCN2C2CCOCC2)CC1.O=CO. The van der Waals surface area contributed by atoms with Gasteiger partial charge in [0, 0.05) is 32.3 Å². The Morgan fingerprint density at radius 3 is 2.39 bits per heavy atom. The Labute approximate surface area is 226 Å². The van der Waals surface area contributed by atoms with E-state index in [1.807, 2.05) is 0 Å². The second-order valence-corrected chi connectivity index (χ2v) is 12.6. The second-order valence-electron chi connectivity index (χ2n) is 10.0. The maximum absolute atomic E-state index is 13.7. The molecule has 13 heteroatoms. The van der Waals surface area contributed by atoms with Crippen molar-refractivity contribution < 1.29 is 32.6 Å². The first-order valence-electron chi connectivity index (χ1n) is 12.6. The number of hydrogen-bond acceptors (Lipinski definition) is 8. The molecule has 4 fully saturated rings. The number of ether oxygens (including phenoxy) is 1. The van der Waals surface area contributed by atoms with Crippen molar-refractivity contribution in [3.05, 3.63) is 29.3 Å². The largest absolute Gasteiger partial charge is 0.483 e. The van der Waals surface area contributed by atoms with Gasteiger partial charge in [-0.1, -0.05) is 23.7 Å². The van der Waals surface area contributed by atoms with Gasteiger partial charge in [0.25, 0.3) is 6.47 Å². The predicted molar refractivity (Wildman–Crippen MR) is 136 cm³/mol. The van der Waals surface area contributed by atoms with Gasteiger partial charge in [-0.3, -0.25) is 19.3 Å². The summed E-state index contributed by atoms with van der Waals surface area (Å²) in [7, 11) is -3.89. The van der Waals surface area contributed by atoms with Crippen LogP contribution in [0.5, 0.6) is 0 Å². The van der Waals surface area contributed by atoms with E-state index in [4.69, 9.17) is 26.2 Å². The van der Waals surface area contributed by atoms with Gasteiger partial charge in [-0.05, 0) is 50.7 Å². The van der Waals surface area contributed by atoms with E-state index in [0.29, 0.717) is 32.5 Å². The molecule has 11 nitrogen and oxygen atoms in total. The first kappa shape index (κ1) is 28.3. The molecule has 0 radical (unpaired) electrons. The number of nitriles is 1. The summed E-state index contributed by atoms with van der Waals surface area (Å²) in [5.41, 5.74) is -0.907. The summed E-state index contributed by atoms with van der Waals surface area (Å²) in [6.45, 7) is 1.78. The highest BCUT2D eigenvalue weighted by Crippen LogP contribution is 2.37. The van der Waals surface area contributed by atoms with Crippen molar-refractivity contribution in [2.75, 3.05) is 26.3 Å². The number of amides is 2. The molecule has 206 valence electrons. The maximum Gasteiger partial charge on any atom is 0.290 e. The van der Waals surface area contributed by atoms with Crippen LogP contribution < -0.4 is 5.32 Å². The fraction of sp³-hybridized carbons (Fsp3) is 0.600. The third-order valence-corrected chi connectivity index (χ3v) is 10.4. The lowest BCUT2D eigenvalue weighted by Crippen LogP contribution is -2.62. The number of sulfone groups is 1. The lowest BCUT2D eigenvalue weighted by atomic mass is 9.94. The summed E-state index contributed by atoms with van der Waals surface area (Å²) < 4.78 is 32.4. The van der Waals surface area contributed by atoms with Gasteiger partial charge >= 0.3 is 0 Å². The Morgan fingerprint density at radius 1 is 1.18 bits per heavy atom. The molecule has 3 atom stereocenters. The van der Waals surface area contributed by atoms with E-state index in [1.165, 1.54) is 17.0 Å². The maximum atomic E-state index is 13.7. The van der Waals surface area contributed by atoms with Crippen LogP contribution in [0, 0.1) is 11.3 Å². The number of carbonyl (C=O) groups is 3. The molecule has 38 heavy (non-hydrogen) atoms. The van der Waals surface area contributed by atoms with E-state index in [2.05, 4.69) is 16.3 Å². The van der Waals surface area contributed by atoms with Crippen molar-refractivity contribution in [1.82, 2.24) is 15.1 Å². The van der Waals surface area contributed by atoms with Crippen LogP contribution in [0.4, 0.5) is 0 Å². The first-order valence-corrected chi connectivity index (χ1v) is 14.5. The summed E-state index contributed by atoms with van der Waals surface area (Å²) in [4.78, 5) is 38.9. The minimum atomic E-state index is -3.89. The third-order valence-electron chi connectivity index (χ3n) is 7.76. The normalized spacial score (nSPS) is 26.7. The third kappa shape index (κ3) is 5.66. The summed E-state index contributed by atoms with van der Waals surface area (Å²) in [6.07, 6.45) is 3.44. The number of benzene rings is 1. The van der Waals surface area contributed by atoms with Crippen LogP contribution in [0.15, 0.2) is 29.2 Å². The van der Waals surface area contributed by atoms with Gasteiger partial charge in [-0.25, -0.2) is 8.42 Å². The Balaban J connectivity index is 0.00000107. The number of carboxylic acid groups (broad SMARTS) is 1. The number of nitrogens with zero attached hydrogens (tertiary/aromatic N) is 3. The van der Waals surface area contributed by atoms with E-state index >= 15 is 0 Å². The Morgan fingerprint density at radius 2 is 1.84 bits per heavy atom. The minimum Gasteiger partial charge on any atom is -0.483 e. The molecule has 1 saturated carbocycles. The molecular formula is C25H31ClN4O7S. The highest BCUT2D eigenvalue weighted by atomic mass is 35.5. The molecule has 1 aromatic rings. The molecule has 3 saturated heterocycles. The van der Waals surface area contributed by atoms with Crippen LogP contribution in [0.3, 0.4) is 0 Å². The zero-order chi connectivity index (χ0) is 27.5. The van der Waals surface area contributed by atoms with Crippen LogP contribution in [0.1, 0.15) is 38.5 Å². The van der Waals surface area contributed by atoms with E-state index < -0.39 is 32.6 Å². The molecule has 1 aromatic carbocycles. The van der Waals surface area contributed by atoms with Crippen LogP contribution in [-0.2, 0) is 29.0 Å². The number of carbonyl (C=O) groups excluding carboxylic acids is 2. The van der Waals surface area contributed by atoms with Crippen LogP contribution >= 0.6 is 11.6 Å². The van der Waals surface area contributed by atoms with Gasteiger partial charge in [0.15, 0.2) is 9.84 Å². The molecule has 2 amide bonds. The van der Waals surface area contributed by atoms with Gasteiger partial charge in [0.2, 0.25) is 11.8 Å². The molecule has 1 unspecified atom stereocenters. The molecule has 0 bridgehead atoms. The molecule has 1 aliphatic carbocycles. The quantitative estimate of drug-likeness (QED) is 0.483. The Kier molecular flexibility index (Phi) is 8.62. The van der Waals surface area contributed by atoms with Crippen molar-refractivity contribution in [3.63, 3.8) is 0 Å². The van der Waals surface area contributed by atoms with E-state index in [-0.39, 0.29) is 47.3 Å². The highest BCUT2D eigenvalue weighted by molar-refractivity contribution is 7.92. The van der Waals surface area contributed by atoms with Gasteiger partial charge in [-0.15, -0.1) is 0 Å². The lowest BCUT2D eigenvalue weighted by molar-refractivity contribution is -0.149. The number of likely N-dealkylation sites (tertiary alicyclic amines) is 2. The average molecular weight is 567 g/mol. The lowest BCUT2D eigenvalue weighted by Gasteiger charge is -2.47. The van der Waals surface area contributed by atoms with E-state index in [1.54, 1.807) is 12.1 Å². The fourth-order valence-corrected chi connectivity index (χ4v) is 7.61. The smallest absolute Gasteiger partial charge is 0.290 e. The molecule has 3 heterocycles. The topological polar surface area (TPSA) is 157 Å². The van der Waals surface area contributed by atoms with Crippen molar-refractivity contribution in [2.45, 2.75) is 72.3 Å². The zero-order valence-electron chi connectivity index (χ0n) is 20.8. The van der Waals surface area contributed by atoms with Crippen molar-refractivity contribution in [3.8, 4) is 6.07 Å². The first-order chi connectivity index (χ1) is 18.2. The average Bonchev–Trinajstić information content (AvgIpc) is 3.49. The summed E-state index contributed by atoms with van der Waals surface area (Å²) in [6, 6.07) is 7.27. The highest BCUT2D eigenvalue weighted by Gasteiger charge is 2.52.